The van der Waals surface area contributed by atoms with Gasteiger partial charge in [-0.15, -0.1) is 11.8 Å². The van der Waals surface area contributed by atoms with Crippen molar-refractivity contribution in [3.63, 3.8) is 0 Å². The highest BCUT2D eigenvalue weighted by Crippen LogP contribution is 2.35. The van der Waals surface area contributed by atoms with Crippen LogP contribution in [0.5, 0.6) is 0 Å². The highest BCUT2D eigenvalue weighted by molar-refractivity contribution is 8.02. The second kappa shape index (κ2) is 5.85. The van der Waals surface area contributed by atoms with Crippen LogP contribution < -0.4 is 0 Å². The predicted octanol–water partition coefficient (Wildman–Crippen LogP) is 2.89. The molecule has 3 rings (SSSR count). The monoisotopic (exact) mass is 298 g/mol. The number of nitrogens with zero attached hydrogens (tertiary/aromatic N) is 2. The van der Waals surface area contributed by atoms with Crippen molar-refractivity contribution < 1.29 is 14.6 Å². The van der Waals surface area contributed by atoms with Gasteiger partial charge in [0.2, 0.25) is 5.88 Å². The lowest BCUT2D eigenvalue weighted by Gasteiger charge is -2.42. The maximum Gasteiger partial charge on any atom is 0.415 e. The Hall–Kier alpha value is -0.880. The fraction of sp³-hybridized carbons (Fsp3) is 0.786. The number of carboxylic acid groups (broad SMARTS) is 1. The van der Waals surface area contributed by atoms with Gasteiger partial charge >= 0.3 is 6.09 Å². The van der Waals surface area contributed by atoms with Crippen molar-refractivity contribution in [2.24, 2.45) is 0 Å². The quantitative estimate of drug-likeness (QED) is 0.868. The van der Waals surface area contributed by atoms with Gasteiger partial charge in [0.15, 0.2) is 0 Å². The molecule has 0 aromatic rings. The summed E-state index contributed by atoms with van der Waals surface area (Å²) < 4.78 is 5.94. The normalized spacial score (nSPS) is 34.5. The van der Waals surface area contributed by atoms with Crippen molar-refractivity contribution >= 4 is 17.9 Å². The van der Waals surface area contributed by atoms with Crippen LogP contribution in [0.2, 0.25) is 0 Å². The van der Waals surface area contributed by atoms with E-state index in [0.717, 1.165) is 18.9 Å². The maximum absolute atomic E-state index is 11.2. The Labute approximate surface area is 123 Å². The molecule has 6 heteroatoms. The zero-order chi connectivity index (χ0) is 14.1. The molecule has 0 bridgehead atoms. The minimum atomic E-state index is -0.928. The van der Waals surface area contributed by atoms with Crippen LogP contribution in [0.3, 0.4) is 0 Å². The zero-order valence-corrected chi connectivity index (χ0v) is 12.6. The average Bonchev–Trinajstić information content (AvgIpc) is 2.71. The van der Waals surface area contributed by atoms with Crippen LogP contribution in [0, 0.1) is 0 Å². The number of thioether (sulfide) groups is 1. The van der Waals surface area contributed by atoms with E-state index in [2.05, 4.69) is 4.90 Å². The standard InChI is InChI=1S/C14H22N2O3S/c1-10-16(14(17)18)13(9-20-10)19-12-5-3-11(4-6-12)15-7-2-8-15/h9-12H,2-8H2,1H3,(H,17,18). The van der Waals surface area contributed by atoms with Crippen molar-refractivity contribution in [3.8, 4) is 0 Å². The molecule has 0 spiro atoms. The molecule has 0 aromatic heterocycles. The Kier molecular flexibility index (Phi) is 4.12. The van der Waals surface area contributed by atoms with Crippen molar-refractivity contribution in [3.05, 3.63) is 11.3 Å². The Morgan fingerprint density at radius 2 is 2.05 bits per heavy atom. The minimum Gasteiger partial charge on any atom is -0.475 e. The first-order valence-electron chi connectivity index (χ1n) is 7.43. The van der Waals surface area contributed by atoms with Crippen LogP contribution in [0.25, 0.3) is 0 Å². The molecule has 0 aromatic carbocycles. The van der Waals surface area contributed by atoms with Crippen molar-refractivity contribution in [2.45, 2.75) is 56.5 Å². The van der Waals surface area contributed by atoms with Crippen LogP contribution in [0.4, 0.5) is 4.79 Å². The summed E-state index contributed by atoms with van der Waals surface area (Å²) in [6.07, 6.45) is 5.00. The van der Waals surface area contributed by atoms with Gasteiger partial charge in [0.1, 0.15) is 6.10 Å². The summed E-state index contributed by atoms with van der Waals surface area (Å²) in [6.45, 7) is 4.39. The number of ether oxygens (including phenoxy) is 1. The molecule has 1 unspecified atom stereocenters. The van der Waals surface area contributed by atoms with Gasteiger partial charge in [-0.1, -0.05) is 0 Å². The smallest absolute Gasteiger partial charge is 0.415 e. The fourth-order valence-electron chi connectivity index (χ4n) is 3.19. The first kappa shape index (κ1) is 14.1. The molecule has 1 aliphatic carbocycles. The summed E-state index contributed by atoms with van der Waals surface area (Å²) in [4.78, 5) is 15.1. The molecule has 1 amide bonds. The molecule has 20 heavy (non-hydrogen) atoms. The first-order chi connectivity index (χ1) is 9.65. The summed E-state index contributed by atoms with van der Waals surface area (Å²) in [6, 6.07) is 0.727. The SMILES string of the molecule is CC1SC=C(OC2CCC(N3CCC3)CC2)N1C(=O)O. The molecular formula is C14H22N2O3S. The van der Waals surface area contributed by atoms with Gasteiger partial charge < -0.3 is 14.7 Å². The molecule has 1 atom stereocenters. The topological polar surface area (TPSA) is 53.0 Å². The molecule has 1 N–H and O–H groups in total. The number of hydrogen-bond donors (Lipinski definition) is 1. The van der Waals surface area contributed by atoms with Gasteiger partial charge in [0.05, 0.1) is 5.37 Å². The molecule has 1 saturated carbocycles. The van der Waals surface area contributed by atoms with Crippen LogP contribution in [0.15, 0.2) is 11.3 Å². The fourth-order valence-corrected chi connectivity index (χ4v) is 3.99. The zero-order valence-electron chi connectivity index (χ0n) is 11.8. The van der Waals surface area contributed by atoms with Crippen molar-refractivity contribution in [2.75, 3.05) is 13.1 Å². The van der Waals surface area contributed by atoms with Crippen molar-refractivity contribution in [1.82, 2.24) is 9.80 Å². The summed E-state index contributed by atoms with van der Waals surface area (Å²) in [5.41, 5.74) is 0. The summed E-state index contributed by atoms with van der Waals surface area (Å²) >= 11 is 1.50. The van der Waals surface area contributed by atoms with E-state index in [4.69, 9.17) is 4.74 Å². The minimum absolute atomic E-state index is 0.0834. The Balaban J connectivity index is 1.50. The molecule has 3 aliphatic rings. The lowest BCUT2D eigenvalue weighted by Crippen LogP contribution is -2.47. The van der Waals surface area contributed by atoms with E-state index >= 15 is 0 Å². The van der Waals surface area contributed by atoms with E-state index in [9.17, 15) is 9.90 Å². The second-order valence-electron chi connectivity index (χ2n) is 5.78. The van der Waals surface area contributed by atoms with E-state index in [0.29, 0.717) is 5.88 Å². The summed E-state index contributed by atoms with van der Waals surface area (Å²) in [7, 11) is 0. The molecule has 2 heterocycles. The lowest BCUT2D eigenvalue weighted by atomic mass is 9.90. The van der Waals surface area contributed by atoms with Gasteiger partial charge in [-0.25, -0.2) is 9.69 Å². The van der Waals surface area contributed by atoms with Gasteiger partial charge in [-0.3, -0.25) is 0 Å². The third kappa shape index (κ3) is 2.76. The molecule has 2 aliphatic heterocycles. The summed E-state index contributed by atoms with van der Waals surface area (Å²) in [5.74, 6) is 0.516. The van der Waals surface area contributed by atoms with Crippen LogP contribution in [-0.4, -0.2) is 51.6 Å². The van der Waals surface area contributed by atoms with E-state index < -0.39 is 6.09 Å². The van der Waals surface area contributed by atoms with E-state index in [1.54, 1.807) is 0 Å². The molecule has 0 radical (unpaired) electrons. The van der Waals surface area contributed by atoms with Gasteiger partial charge in [0, 0.05) is 11.4 Å². The van der Waals surface area contributed by atoms with E-state index in [1.807, 2.05) is 12.3 Å². The van der Waals surface area contributed by atoms with Gasteiger partial charge in [0.25, 0.3) is 0 Å². The van der Waals surface area contributed by atoms with Crippen LogP contribution in [-0.2, 0) is 4.74 Å². The Morgan fingerprint density at radius 1 is 1.35 bits per heavy atom. The van der Waals surface area contributed by atoms with Crippen molar-refractivity contribution in [1.29, 1.82) is 0 Å². The number of rotatable bonds is 3. The molecule has 5 nitrogen and oxygen atoms in total. The van der Waals surface area contributed by atoms with Gasteiger partial charge in [-0.2, -0.15) is 0 Å². The van der Waals surface area contributed by atoms with Crippen LogP contribution >= 0.6 is 11.8 Å². The number of hydrogen-bond acceptors (Lipinski definition) is 4. The number of likely N-dealkylation sites (tertiary alicyclic amines) is 1. The molecular weight excluding hydrogens is 276 g/mol. The van der Waals surface area contributed by atoms with E-state index in [-0.39, 0.29) is 11.5 Å². The third-order valence-electron chi connectivity index (χ3n) is 4.51. The highest BCUT2D eigenvalue weighted by Gasteiger charge is 2.34. The summed E-state index contributed by atoms with van der Waals surface area (Å²) in [5, 5.41) is 11.0. The maximum atomic E-state index is 11.2. The van der Waals surface area contributed by atoms with Gasteiger partial charge in [-0.05, 0) is 52.1 Å². The average molecular weight is 298 g/mol. The second-order valence-corrected chi connectivity index (χ2v) is 6.97. The number of amides is 1. The molecule has 112 valence electrons. The first-order valence-corrected chi connectivity index (χ1v) is 8.38. The Morgan fingerprint density at radius 3 is 2.60 bits per heavy atom. The number of carbonyl (C=O) groups is 1. The highest BCUT2D eigenvalue weighted by atomic mass is 32.2. The molecule has 2 fully saturated rings. The predicted molar refractivity (Wildman–Crippen MR) is 78.3 cm³/mol. The Bertz CT molecular complexity index is 403. The third-order valence-corrected chi connectivity index (χ3v) is 5.45. The lowest BCUT2D eigenvalue weighted by molar-refractivity contribution is 0.00312. The molecule has 1 saturated heterocycles. The largest absolute Gasteiger partial charge is 0.475 e. The van der Waals surface area contributed by atoms with E-state index in [1.165, 1.54) is 49.0 Å². The van der Waals surface area contributed by atoms with Crippen LogP contribution in [0.1, 0.15) is 39.0 Å².